The highest BCUT2D eigenvalue weighted by molar-refractivity contribution is 8.16. The second-order valence-corrected chi connectivity index (χ2v) is 13.0. The average molecular weight is 608 g/mol. The molecule has 0 aliphatic carbocycles. The van der Waals surface area contributed by atoms with Crippen molar-refractivity contribution in [2.45, 2.75) is 46.1 Å². The van der Waals surface area contributed by atoms with Gasteiger partial charge in [-0.25, -0.2) is 4.79 Å². The van der Waals surface area contributed by atoms with E-state index in [1.807, 2.05) is 19.1 Å². The molecule has 11 heteroatoms. The number of aliphatic hydroxyl groups excluding tert-OH is 1. The smallest absolute Gasteiger partial charge is 0.357 e. The number of β-lactam (4-membered cyclic amide) rings is 1. The van der Waals surface area contributed by atoms with Crippen molar-refractivity contribution >= 4 is 69.2 Å². The first kappa shape index (κ1) is 31.2. The van der Waals surface area contributed by atoms with Crippen molar-refractivity contribution in [3.63, 3.8) is 0 Å². The number of carboxylic acid groups (broad SMARTS) is 1. The predicted molar refractivity (Wildman–Crippen MR) is 160 cm³/mol. The molecule has 2 N–H and O–H groups in total. The molecule has 1 saturated heterocycles. The van der Waals surface area contributed by atoms with Crippen molar-refractivity contribution in [3.8, 4) is 5.75 Å². The van der Waals surface area contributed by atoms with E-state index in [0.29, 0.717) is 27.4 Å². The molecule has 0 aromatic heterocycles. The standard InChI is InChI=1S/C28H30ClNO6S3/c1-6-38-24-20(15(2)31)23(32)30(24)21(25(33)34)26(39-27(35)28(3,4)5)36-19-13-9-17(10-14-19)22(37)16-7-11-18(29)12-8-16/h7-15,20,24,31H,6H2,1-5H3,(H,33,34)/t15-,20+,24-/m1/s1. The molecule has 2 aromatic carbocycles. The number of likely N-dealkylation sites (tertiary alicyclic amines) is 1. The van der Waals surface area contributed by atoms with E-state index in [1.165, 1.54) is 18.7 Å². The van der Waals surface area contributed by atoms with E-state index < -0.39 is 40.4 Å². The molecule has 0 radical (unpaired) electrons. The molecule has 1 fully saturated rings. The monoisotopic (exact) mass is 607 g/mol. The zero-order valence-corrected chi connectivity index (χ0v) is 25.3. The molecule has 208 valence electrons. The number of carbonyl (C=O) groups is 3. The van der Waals surface area contributed by atoms with Crippen molar-refractivity contribution in [2.75, 3.05) is 5.75 Å². The van der Waals surface area contributed by atoms with E-state index in [4.69, 9.17) is 28.6 Å². The SMILES string of the molecule is CCS[C@@H]1[C@@H]([C@@H](C)O)C(=O)N1C(C(=O)O)=C(Oc1ccc(C(=S)c2ccc(Cl)cc2)cc1)SC(=O)C(C)(C)C. The Morgan fingerprint density at radius 1 is 1.10 bits per heavy atom. The summed E-state index contributed by atoms with van der Waals surface area (Å²) in [5, 5.41) is 19.8. The fourth-order valence-electron chi connectivity index (χ4n) is 3.71. The van der Waals surface area contributed by atoms with Crippen LogP contribution in [0.3, 0.4) is 0 Å². The number of ether oxygens (including phenoxy) is 1. The maximum atomic E-state index is 13.0. The predicted octanol–water partition coefficient (Wildman–Crippen LogP) is 5.96. The third-order valence-corrected chi connectivity index (χ3v) is 8.97. The van der Waals surface area contributed by atoms with Gasteiger partial charge >= 0.3 is 5.97 Å². The molecule has 39 heavy (non-hydrogen) atoms. The molecule has 0 unspecified atom stereocenters. The molecule has 3 rings (SSSR count). The van der Waals surface area contributed by atoms with Crippen LogP contribution < -0.4 is 4.74 Å². The molecule has 0 bridgehead atoms. The minimum atomic E-state index is -1.42. The Balaban J connectivity index is 2.01. The van der Waals surface area contributed by atoms with Crippen molar-refractivity contribution in [1.29, 1.82) is 0 Å². The van der Waals surface area contributed by atoms with E-state index >= 15 is 0 Å². The molecule has 3 atom stereocenters. The maximum absolute atomic E-state index is 13.0. The number of thioether (sulfide) groups is 2. The highest BCUT2D eigenvalue weighted by Gasteiger charge is 2.54. The Bertz CT molecular complexity index is 1290. The number of benzene rings is 2. The van der Waals surface area contributed by atoms with Crippen LogP contribution in [0, 0.1) is 11.3 Å². The van der Waals surface area contributed by atoms with Crippen LogP contribution in [0.25, 0.3) is 0 Å². The number of halogens is 1. The van der Waals surface area contributed by atoms with Crippen LogP contribution in [0.1, 0.15) is 45.7 Å². The third-order valence-electron chi connectivity index (χ3n) is 5.81. The Morgan fingerprint density at radius 3 is 2.10 bits per heavy atom. The largest absolute Gasteiger partial charge is 0.476 e. The minimum absolute atomic E-state index is 0.227. The number of nitrogens with zero attached hydrogens (tertiary/aromatic N) is 1. The first-order valence-corrected chi connectivity index (χ1v) is 14.8. The highest BCUT2D eigenvalue weighted by Crippen LogP contribution is 2.43. The van der Waals surface area contributed by atoms with E-state index in [-0.39, 0.29) is 16.0 Å². The van der Waals surface area contributed by atoms with Crippen LogP contribution in [0.5, 0.6) is 5.75 Å². The molecule has 1 heterocycles. The lowest BCUT2D eigenvalue weighted by Gasteiger charge is -2.47. The number of hydrogen-bond acceptors (Lipinski definition) is 8. The zero-order valence-electron chi connectivity index (χ0n) is 22.1. The Labute approximate surface area is 246 Å². The summed E-state index contributed by atoms with van der Waals surface area (Å²) in [6.07, 6.45) is -0.960. The summed E-state index contributed by atoms with van der Waals surface area (Å²) in [6.45, 7) is 8.50. The van der Waals surface area contributed by atoms with Gasteiger partial charge in [0.1, 0.15) is 5.75 Å². The van der Waals surface area contributed by atoms with Crippen molar-refractivity contribution in [1.82, 2.24) is 4.90 Å². The summed E-state index contributed by atoms with van der Waals surface area (Å²) in [5.74, 6) is -1.87. The van der Waals surface area contributed by atoms with Gasteiger partial charge in [-0.2, -0.15) is 0 Å². The molecular formula is C28H30ClNO6S3. The van der Waals surface area contributed by atoms with Gasteiger partial charge in [0.15, 0.2) is 10.8 Å². The number of amides is 1. The van der Waals surface area contributed by atoms with Crippen LogP contribution in [0.2, 0.25) is 5.02 Å². The van der Waals surface area contributed by atoms with Gasteiger partial charge in [0.25, 0.3) is 0 Å². The molecule has 1 aliphatic heterocycles. The van der Waals surface area contributed by atoms with E-state index in [9.17, 15) is 24.6 Å². The van der Waals surface area contributed by atoms with Gasteiger partial charge < -0.3 is 14.9 Å². The van der Waals surface area contributed by atoms with Gasteiger partial charge in [0.2, 0.25) is 11.0 Å². The van der Waals surface area contributed by atoms with Gasteiger partial charge in [-0.3, -0.25) is 14.5 Å². The summed E-state index contributed by atoms with van der Waals surface area (Å²) in [4.78, 5) is 40.3. The molecule has 0 spiro atoms. The van der Waals surface area contributed by atoms with Gasteiger partial charge in [0.05, 0.1) is 22.3 Å². The fourth-order valence-corrected chi connectivity index (χ4v) is 6.25. The van der Waals surface area contributed by atoms with Crippen molar-refractivity contribution in [2.24, 2.45) is 11.3 Å². The third kappa shape index (κ3) is 7.24. The van der Waals surface area contributed by atoms with Gasteiger partial charge in [0, 0.05) is 10.4 Å². The van der Waals surface area contributed by atoms with Crippen molar-refractivity contribution in [3.05, 3.63) is 75.5 Å². The molecule has 1 aliphatic rings. The van der Waals surface area contributed by atoms with Gasteiger partial charge in [-0.1, -0.05) is 63.6 Å². The average Bonchev–Trinajstić information content (AvgIpc) is 2.86. The van der Waals surface area contributed by atoms with Gasteiger partial charge in [-0.15, -0.1) is 11.8 Å². The Morgan fingerprint density at radius 2 is 1.64 bits per heavy atom. The van der Waals surface area contributed by atoms with Crippen LogP contribution in [0.15, 0.2) is 59.3 Å². The fraction of sp³-hybridized carbons (Fsp3) is 0.357. The van der Waals surface area contributed by atoms with E-state index in [2.05, 4.69) is 0 Å². The normalized spacial score (nSPS) is 18.6. The Hall–Kier alpha value is -2.37. The molecule has 2 aromatic rings. The maximum Gasteiger partial charge on any atom is 0.357 e. The summed E-state index contributed by atoms with van der Waals surface area (Å²) in [5.41, 5.74) is 0.299. The first-order valence-electron chi connectivity index (χ1n) is 12.2. The summed E-state index contributed by atoms with van der Waals surface area (Å²) < 4.78 is 6.00. The van der Waals surface area contributed by atoms with Crippen LogP contribution in [0.4, 0.5) is 0 Å². The topological polar surface area (TPSA) is 104 Å². The number of aliphatic carboxylic acids is 1. The van der Waals surface area contributed by atoms with Crippen LogP contribution >= 0.6 is 47.3 Å². The van der Waals surface area contributed by atoms with Crippen LogP contribution in [-0.2, 0) is 14.4 Å². The number of carbonyl (C=O) groups excluding carboxylic acids is 2. The summed E-state index contributed by atoms with van der Waals surface area (Å²) in [7, 11) is 0. The second kappa shape index (κ2) is 12.9. The van der Waals surface area contributed by atoms with E-state index in [0.717, 1.165) is 16.0 Å². The Kier molecular flexibility index (Phi) is 10.3. The molecular weight excluding hydrogens is 578 g/mol. The number of rotatable bonds is 10. The first-order chi connectivity index (χ1) is 18.3. The summed E-state index contributed by atoms with van der Waals surface area (Å²) >= 11 is 13.5. The van der Waals surface area contributed by atoms with Crippen LogP contribution in [-0.4, -0.2) is 54.2 Å². The quantitative estimate of drug-likeness (QED) is 0.111. The minimum Gasteiger partial charge on any atom is -0.476 e. The lowest BCUT2D eigenvalue weighted by atomic mass is 9.92. The molecule has 0 saturated carbocycles. The number of thiocarbonyl (C=S) groups is 1. The number of carboxylic acids is 1. The lowest BCUT2D eigenvalue weighted by molar-refractivity contribution is -0.157. The summed E-state index contributed by atoms with van der Waals surface area (Å²) in [6, 6.07) is 13.8. The zero-order chi connectivity index (χ0) is 29.1. The second-order valence-electron chi connectivity index (χ2n) is 9.86. The molecule has 1 amide bonds. The van der Waals surface area contributed by atoms with E-state index in [1.54, 1.807) is 57.2 Å². The molecule has 7 nitrogen and oxygen atoms in total. The van der Waals surface area contributed by atoms with Crippen molar-refractivity contribution < 1.29 is 29.3 Å². The number of hydrogen-bond donors (Lipinski definition) is 2. The lowest BCUT2D eigenvalue weighted by Crippen LogP contribution is -2.63. The van der Waals surface area contributed by atoms with Gasteiger partial charge in [-0.05, 0) is 72.0 Å². The number of aliphatic hydroxyl groups is 1. The highest BCUT2D eigenvalue weighted by atomic mass is 35.5.